The molecule has 0 aromatic rings. The fourth-order valence-electron chi connectivity index (χ4n) is 4.55. The number of ether oxygens (including phenoxy) is 4. The Hall–Kier alpha value is -2.60. The summed E-state index contributed by atoms with van der Waals surface area (Å²) in [6.45, 7) is 3.87. The third kappa shape index (κ3) is 34.1. The van der Waals surface area contributed by atoms with Crippen molar-refractivity contribution in [1.82, 2.24) is 21.3 Å². The molecule has 0 fully saturated rings. The van der Waals surface area contributed by atoms with Crippen molar-refractivity contribution in [3.05, 3.63) is 0 Å². The molecule has 0 radical (unpaired) electrons. The molecule has 12 heteroatoms. The van der Waals surface area contributed by atoms with Gasteiger partial charge in [0.15, 0.2) is 0 Å². The predicted octanol–water partition coefficient (Wildman–Crippen LogP) is 5.38. The lowest BCUT2D eigenvalue weighted by Crippen LogP contribution is -2.39. The molecule has 0 heterocycles. The van der Waals surface area contributed by atoms with Gasteiger partial charge in [0.05, 0.1) is 13.2 Å². The molecule has 4 N–H and O–H groups in total. The number of unbranched alkanes of at least 4 members (excludes halogenated alkanes) is 14. The molecule has 0 aromatic carbocycles. The van der Waals surface area contributed by atoms with Gasteiger partial charge in [-0.1, -0.05) is 77.0 Å². The second kappa shape index (κ2) is 34.3. The number of carbonyl (C=O) groups is 4. The number of methoxy groups -OCH3 is 2. The van der Waals surface area contributed by atoms with Crippen molar-refractivity contribution in [3.63, 3.8) is 0 Å². The molecule has 0 bridgehead atoms. The molecule has 0 unspecified atom stereocenters. The predicted molar refractivity (Wildman–Crippen MR) is 176 cm³/mol. The van der Waals surface area contributed by atoms with Crippen LogP contribution >= 0.6 is 0 Å². The molecule has 45 heavy (non-hydrogen) atoms. The van der Waals surface area contributed by atoms with Gasteiger partial charge >= 0.3 is 24.0 Å². The minimum atomic E-state index is -0.168. The summed E-state index contributed by atoms with van der Waals surface area (Å²) in [6, 6.07) is -0.336. The molecule has 12 nitrogen and oxygen atoms in total. The van der Waals surface area contributed by atoms with Crippen LogP contribution in [-0.4, -0.2) is 90.8 Å². The zero-order valence-corrected chi connectivity index (χ0v) is 28.4. The highest BCUT2D eigenvalue weighted by Crippen LogP contribution is 2.11. The fourth-order valence-corrected chi connectivity index (χ4v) is 4.55. The summed E-state index contributed by atoms with van der Waals surface area (Å²) in [7, 11) is 3.17. The van der Waals surface area contributed by atoms with E-state index in [4.69, 9.17) is 18.9 Å². The van der Waals surface area contributed by atoms with Crippen LogP contribution in [0.2, 0.25) is 0 Å². The van der Waals surface area contributed by atoms with Gasteiger partial charge in [-0.25, -0.2) is 9.59 Å². The smallest absolute Gasteiger partial charge is 0.314 e. The van der Waals surface area contributed by atoms with Crippen molar-refractivity contribution < 1.29 is 38.1 Å². The van der Waals surface area contributed by atoms with E-state index in [1.54, 1.807) is 14.2 Å². The molecule has 0 saturated heterocycles. The Balaban J connectivity index is 3.34. The molecule has 0 aliphatic heterocycles. The van der Waals surface area contributed by atoms with Gasteiger partial charge in [-0.05, 0) is 32.1 Å². The maximum absolute atomic E-state index is 11.9. The molecular weight excluding hydrogens is 580 g/mol. The van der Waals surface area contributed by atoms with Crippen LogP contribution in [-0.2, 0) is 28.5 Å². The number of rotatable bonds is 32. The van der Waals surface area contributed by atoms with Crippen LogP contribution in [0.5, 0.6) is 0 Å². The molecular formula is C33H64N4O8. The number of urea groups is 2. The van der Waals surface area contributed by atoms with Gasteiger partial charge in [-0.3, -0.25) is 9.59 Å². The van der Waals surface area contributed by atoms with Crippen molar-refractivity contribution in [2.24, 2.45) is 0 Å². The summed E-state index contributed by atoms with van der Waals surface area (Å²) < 4.78 is 19.8. The number of nitrogens with one attached hydrogen (secondary N) is 4. The molecule has 0 saturated carbocycles. The highest BCUT2D eigenvalue weighted by Gasteiger charge is 2.04. The van der Waals surface area contributed by atoms with E-state index < -0.39 is 0 Å². The number of hydrogen-bond donors (Lipinski definition) is 4. The Morgan fingerprint density at radius 3 is 1.00 bits per heavy atom. The Labute approximate surface area is 272 Å². The molecule has 0 aliphatic rings. The van der Waals surface area contributed by atoms with Crippen LogP contribution in [0.15, 0.2) is 0 Å². The van der Waals surface area contributed by atoms with Crippen LogP contribution < -0.4 is 21.3 Å². The zero-order valence-electron chi connectivity index (χ0n) is 28.4. The Kier molecular flexibility index (Phi) is 32.3. The van der Waals surface area contributed by atoms with Gasteiger partial charge in [-0.15, -0.1) is 0 Å². The van der Waals surface area contributed by atoms with Gasteiger partial charge in [0, 0.05) is 53.2 Å². The third-order valence-electron chi connectivity index (χ3n) is 7.21. The first-order valence-electron chi connectivity index (χ1n) is 17.3. The van der Waals surface area contributed by atoms with Crippen LogP contribution in [0.3, 0.4) is 0 Å². The van der Waals surface area contributed by atoms with E-state index in [2.05, 4.69) is 21.3 Å². The van der Waals surface area contributed by atoms with E-state index in [1.807, 2.05) is 0 Å². The summed E-state index contributed by atoms with van der Waals surface area (Å²) in [4.78, 5) is 46.8. The van der Waals surface area contributed by atoms with Gasteiger partial charge in [0.1, 0.15) is 13.2 Å². The second-order valence-electron chi connectivity index (χ2n) is 11.3. The van der Waals surface area contributed by atoms with Gasteiger partial charge in [0.2, 0.25) is 0 Å². The molecule has 0 atom stereocenters. The topological polar surface area (TPSA) is 153 Å². The number of esters is 2. The first-order valence-corrected chi connectivity index (χ1v) is 17.3. The third-order valence-corrected chi connectivity index (χ3v) is 7.21. The van der Waals surface area contributed by atoms with E-state index in [0.29, 0.717) is 71.9 Å². The van der Waals surface area contributed by atoms with Crippen molar-refractivity contribution >= 4 is 24.0 Å². The summed E-state index contributed by atoms with van der Waals surface area (Å²) in [5, 5.41) is 11.4. The van der Waals surface area contributed by atoms with Crippen molar-refractivity contribution in [1.29, 1.82) is 0 Å². The first-order chi connectivity index (χ1) is 22.0. The molecule has 0 aliphatic carbocycles. The van der Waals surface area contributed by atoms with E-state index >= 15 is 0 Å². The summed E-state index contributed by atoms with van der Waals surface area (Å²) in [5.74, 6) is -0.289. The minimum Gasteiger partial charge on any atom is -0.463 e. The average Bonchev–Trinajstić information content (AvgIpc) is 3.02. The molecule has 4 amide bonds. The first kappa shape index (κ1) is 42.4. The van der Waals surface area contributed by atoms with Crippen LogP contribution in [0.25, 0.3) is 0 Å². The van der Waals surface area contributed by atoms with Crippen LogP contribution in [0.4, 0.5) is 9.59 Å². The number of carbonyl (C=O) groups excluding carboxylic acids is 4. The van der Waals surface area contributed by atoms with E-state index in [0.717, 1.165) is 77.0 Å². The number of amides is 4. The normalized spacial score (nSPS) is 10.7. The van der Waals surface area contributed by atoms with Crippen LogP contribution in [0, 0.1) is 0 Å². The summed E-state index contributed by atoms with van der Waals surface area (Å²) in [5.41, 5.74) is 0. The lowest BCUT2D eigenvalue weighted by molar-refractivity contribution is -0.145. The quantitative estimate of drug-likeness (QED) is 0.0563. The van der Waals surface area contributed by atoms with Gasteiger partial charge < -0.3 is 40.2 Å². The second-order valence-corrected chi connectivity index (χ2v) is 11.3. The highest BCUT2D eigenvalue weighted by atomic mass is 16.6. The zero-order chi connectivity index (χ0) is 33.1. The van der Waals surface area contributed by atoms with E-state index in [9.17, 15) is 19.2 Å². The minimum absolute atomic E-state index is 0.145. The van der Waals surface area contributed by atoms with Crippen molar-refractivity contribution in [2.75, 3.05) is 66.8 Å². The lowest BCUT2D eigenvalue weighted by atomic mass is 10.1. The number of hydrogen-bond acceptors (Lipinski definition) is 8. The van der Waals surface area contributed by atoms with E-state index in [-0.39, 0.29) is 24.0 Å². The Bertz CT molecular complexity index is 669. The van der Waals surface area contributed by atoms with Crippen molar-refractivity contribution in [2.45, 2.75) is 122 Å². The summed E-state index contributed by atoms with van der Waals surface area (Å²) >= 11 is 0. The lowest BCUT2D eigenvalue weighted by Gasteiger charge is -2.09. The molecule has 0 spiro atoms. The van der Waals surface area contributed by atoms with Gasteiger partial charge in [-0.2, -0.15) is 0 Å². The standard InChI is InChI=1S/C33H64N4O8/c1-42-26-28-44-30(38)20-15-11-7-3-5-9-13-17-22-34-32(40)36-24-19-25-37-33(41)35-23-18-14-10-6-4-8-12-16-21-31(39)45-29-27-43-2/h3-29H2,1-2H3,(H2,34,36,40)(H2,35,37,41). The Morgan fingerprint density at radius 1 is 0.378 bits per heavy atom. The molecule has 264 valence electrons. The largest absolute Gasteiger partial charge is 0.463 e. The Morgan fingerprint density at radius 2 is 0.667 bits per heavy atom. The maximum atomic E-state index is 11.9. The monoisotopic (exact) mass is 644 g/mol. The van der Waals surface area contributed by atoms with Crippen molar-refractivity contribution in [3.8, 4) is 0 Å². The highest BCUT2D eigenvalue weighted by molar-refractivity contribution is 5.74. The summed E-state index contributed by atoms with van der Waals surface area (Å²) in [6.07, 6.45) is 18.8. The average molecular weight is 645 g/mol. The van der Waals surface area contributed by atoms with Crippen LogP contribution in [0.1, 0.15) is 122 Å². The van der Waals surface area contributed by atoms with E-state index in [1.165, 1.54) is 25.7 Å². The van der Waals surface area contributed by atoms with Gasteiger partial charge in [0.25, 0.3) is 0 Å². The SMILES string of the molecule is COCCOC(=O)CCCCCCCCCCNC(=O)NCCCNC(=O)NCCCCCCCCCCC(=O)OCCOC. The molecule has 0 aromatic heterocycles. The fraction of sp³-hybridized carbons (Fsp3) is 0.879. The molecule has 0 rings (SSSR count). The maximum Gasteiger partial charge on any atom is 0.314 e.